The average molecular weight is 353 g/mol. The Morgan fingerprint density at radius 3 is 1.68 bits per heavy atom. The van der Waals surface area contributed by atoms with Crippen LogP contribution in [0.1, 0.15) is 0 Å². The van der Waals surface area contributed by atoms with Gasteiger partial charge in [0.15, 0.2) is 11.5 Å². The molecule has 1 aromatic rings. The van der Waals surface area contributed by atoms with Crippen LogP contribution in [0.2, 0.25) is 0 Å². The van der Waals surface area contributed by atoms with E-state index in [1.807, 2.05) is 0 Å². The van der Waals surface area contributed by atoms with Crippen LogP contribution in [-0.4, -0.2) is 66.1 Å². The molecule has 0 amide bonds. The third-order valence-corrected chi connectivity index (χ3v) is 3.17. The third kappa shape index (κ3) is 8.06. The van der Waals surface area contributed by atoms with Crippen LogP contribution >= 0.6 is 0 Å². The normalized spacial score (nSPS) is 18.4. The average Bonchev–Trinajstić information content (AvgIpc) is 2.62. The summed E-state index contributed by atoms with van der Waals surface area (Å²) in [5.74, 6) is 1.05. The first-order valence-electron chi connectivity index (χ1n) is 8.16. The van der Waals surface area contributed by atoms with Crippen LogP contribution < -0.4 is 9.47 Å². The van der Waals surface area contributed by atoms with Gasteiger partial charge in [0.2, 0.25) is 0 Å². The Morgan fingerprint density at radius 2 is 1.16 bits per heavy atom. The van der Waals surface area contributed by atoms with Gasteiger partial charge in [-0.15, -0.1) is 0 Å². The van der Waals surface area contributed by atoms with E-state index in [1.165, 1.54) is 0 Å². The second kappa shape index (κ2) is 12.3. The minimum atomic E-state index is 0.343. The number of nitrogens with zero attached hydrogens (tertiary/aromatic N) is 3. The van der Waals surface area contributed by atoms with Crippen molar-refractivity contribution >= 4 is 5.69 Å². The highest BCUT2D eigenvalue weighted by Crippen LogP contribution is 2.31. The minimum absolute atomic E-state index is 0.343. The molecule has 0 saturated heterocycles. The molecule has 1 aromatic carbocycles. The molecule has 0 N–H and O–H groups in total. The van der Waals surface area contributed by atoms with Gasteiger partial charge in [-0.2, -0.15) is 0 Å². The maximum atomic E-state index is 8.55. The molecular weight excluding hydrogens is 330 g/mol. The van der Waals surface area contributed by atoms with E-state index in [2.05, 4.69) is 10.0 Å². The Bertz CT molecular complexity index is 551. The zero-order valence-electron chi connectivity index (χ0n) is 14.1. The van der Waals surface area contributed by atoms with E-state index in [4.69, 9.17) is 34.0 Å². The number of hydrogen-bond acceptors (Lipinski definition) is 7. The number of hydrogen-bond donors (Lipinski definition) is 0. The molecule has 0 unspecified atom stereocenters. The zero-order valence-corrected chi connectivity index (χ0v) is 14.1. The molecule has 2 rings (SSSR count). The summed E-state index contributed by atoms with van der Waals surface area (Å²) < 4.78 is 33.0. The van der Waals surface area contributed by atoms with Gasteiger partial charge in [0.05, 0.1) is 52.9 Å². The second-order valence-electron chi connectivity index (χ2n) is 4.97. The van der Waals surface area contributed by atoms with E-state index < -0.39 is 0 Å². The highest BCUT2D eigenvalue weighted by Gasteiger charge is 2.07. The van der Waals surface area contributed by atoms with Crippen molar-refractivity contribution in [2.24, 2.45) is 5.11 Å². The van der Waals surface area contributed by atoms with Crippen LogP contribution in [0.3, 0.4) is 0 Å². The molecule has 0 radical (unpaired) electrons. The molecule has 1 aliphatic heterocycles. The smallest absolute Gasteiger partial charge is 0.161 e. The third-order valence-electron chi connectivity index (χ3n) is 3.17. The van der Waals surface area contributed by atoms with Gasteiger partial charge in [0.1, 0.15) is 13.2 Å². The Labute approximate surface area is 146 Å². The zero-order chi connectivity index (χ0) is 17.6. The van der Waals surface area contributed by atoms with Gasteiger partial charge in [0.25, 0.3) is 0 Å². The van der Waals surface area contributed by atoms with E-state index in [1.54, 1.807) is 18.2 Å². The summed E-state index contributed by atoms with van der Waals surface area (Å²) >= 11 is 0. The fraction of sp³-hybridized carbons (Fsp3) is 0.625. The standard InChI is InChI=1S/C16H23N3O6/c17-19-18-14-1-2-15-16(13-14)25-12-10-23-8-6-21-4-3-20-5-7-22-9-11-24-15/h1-2,13H,3-12H2. The predicted molar refractivity (Wildman–Crippen MR) is 89.5 cm³/mol. The van der Waals surface area contributed by atoms with Gasteiger partial charge in [-0.1, -0.05) is 5.11 Å². The van der Waals surface area contributed by atoms with Crippen molar-refractivity contribution in [2.75, 3.05) is 66.1 Å². The minimum Gasteiger partial charge on any atom is -0.487 e. The fourth-order valence-corrected chi connectivity index (χ4v) is 2.03. The summed E-state index contributed by atoms with van der Waals surface area (Å²) in [6.45, 7) is 4.60. The monoisotopic (exact) mass is 353 g/mol. The van der Waals surface area contributed by atoms with Gasteiger partial charge < -0.3 is 28.4 Å². The molecule has 0 spiro atoms. The highest BCUT2D eigenvalue weighted by molar-refractivity contribution is 5.51. The number of benzene rings is 1. The van der Waals surface area contributed by atoms with Crippen LogP contribution in [0.15, 0.2) is 23.3 Å². The SMILES string of the molecule is [N-]=[N+]=Nc1ccc2c(c1)OCCOCCOCCOCCOCCO2. The molecule has 1 heterocycles. The Morgan fingerprint density at radius 1 is 0.680 bits per heavy atom. The number of fused-ring (bicyclic) bond motifs is 1. The Hall–Kier alpha value is -2.03. The van der Waals surface area contributed by atoms with Crippen molar-refractivity contribution in [3.05, 3.63) is 28.6 Å². The van der Waals surface area contributed by atoms with Crippen molar-refractivity contribution in [3.63, 3.8) is 0 Å². The van der Waals surface area contributed by atoms with E-state index in [0.29, 0.717) is 83.3 Å². The first kappa shape index (κ1) is 19.3. The van der Waals surface area contributed by atoms with Crippen molar-refractivity contribution < 1.29 is 28.4 Å². The molecule has 0 bridgehead atoms. The second-order valence-corrected chi connectivity index (χ2v) is 4.97. The van der Waals surface area contributed by atoms with Crippen LogP contribution in [0.5, 0.6) is 11.5 Å². The largest absolute Gasteiger partial charge is 0.487 e. The van der Waals surface area contributed by atoms with E-state index in [-0.39, 0.29) is 0 Å². The lowest BCUT2D eigenvalue weighted by atomic mass is 10.3. The van der Waals surface area contributed by atoms with Crippen LogP contribution in [0, 0.1) is 0 Å². The van der Waals surface area contributed by atoms with Gasteiger partial charge >= 0.3 is 0 Å². The van der Waals surface area contributed by atoms with E-state index in [0.717, 1.165) is 0 Å². The summed E-state index contributed by atoms with van der Waals surface area (Å²) in [5, 5.41) is 3.57. The molecule has 0 fully saturated rings. The van der Waals surface area contributed by atoms with Gasteiger partial charge in [-0.05, 0) is 23.7 Å². The summed E-state index contributed by atoms with van der Waals surface area (Å²) in [6, 6.07) is 5.00. The fourth-order valence-electron chi connectivity index (χ4n) is 2.03. The maximum absolute atomic E-state index is 8.55. The molecule has 0 aromatic heterocycles. The lowest BCUT2D eigenvalue weighted by molar-refractivity contribution is -0.00841. The quantitative estimate of drug-likeness (QED) is 0.436. The summed E-state index contributed by atoms with van der Waals surface area (Å²) in [7, 11) is 0. The van der Waals surface area contributed by atoms with Crippen LogP contribution in [0.4, 0.5) is 5.69 Å². The Balaban J connectivity index is 1.93. The highest BCUT2D eigenvalue weighted by atomic mass is 16.6. The predicted octanol–water partition coefficient (Wildman–Crippen LogP) is 2.47. The number of azide groups is 1. The first-order chi connectivity index (χ1) is 12.4. The van der Waals surface area contributed by atoms with Crippen LogP contribution in [0.25, 0.3) is 10.4 Å². The summed E-state index contributed by atoms with van der Waals surface area (Å²) in [6.07, 6.45) is 0. The molecule has 138 valence electrons. The molecule has 0 aliphatic carbocycles. The van der Waals surface area contributed by atoms with Crippen LogP contribution in [-0.2, 0) is 18.9 Å². The van der Waals surface area contributed by atoms with Gasteiger partial charge in [-0.3, -0.25) is 0 Å². The summed E-state index contributed by atoms with van der Waals surface area (Å²) in [5.41, 5.74) is 9.01. The molecule has 0 saturated carbocycles. The maximum Gasteiger partial charge on any atom is 0.161 e. The molecule has 1 aliphatic rings. The van der Waals surface area contributed by atoms with Crippen molar-refractivity contribution in [3.8, 4) is 11.5 Å². The molecule has 9 nitrogen and oxygen atoms in total. The lowest BCUT2D eigenvalue weighted by Gasteiger charge is -2.14. The lowest BCUT2D eigenvalue weighted by Crippen LogP contribution is -2.15. The van der Waals surface area contributed by atoms with Gasteiger partial charge in [0, 0.05) is 10.6 Å². The molecule has 9 heteroatoms. The summed E-state index contributed by atoms with van der Waals surface area (Å²) in [4.78, 5) is 2.77. The van der Waals surface area contributed by atoms with Crippen molar-refractivity contribution in [2.45, 2.75) is 0 Å². The number of rotatable bonds is 1. The Kier molecular flexibility index (Phi) is 9.53. The number of ether oxygens (including phenoxy) is 6. The molecule has 0 atom stereocenters. The first-order valence-corrected chi connectivity index (χ1v) is 8.16. The molecule has 25 heavy (non-hydrogen) atoms. The molecular formula is C16H23N3O6. The van der Waals surface area contributed by atoms with Gasteiger partial charge in [-0.25, -0.2) is 0 Å². The van der Waals surface area contributed by atoms with E-state index >= 15 is 0 Å². The van der Waals surface area contributed by atoms with Crippen molar-refractivity contribution in [1.29, 1.82) is 0 Å². The topological polar surface area (TPSA) is 104 Å². The van der Waals surface area contributed by atoms with E-state index in [9.17, 15) is 0 Å². The van der Waals surface area contributed by atoms with Crippen molar-refractivity contribution in [1.82, 2.24) is 0 Å².